The normalized spacial score (nSPS) is 35.4. The van der Waals surface area contributed by atoms with Gasteiger partial charge in [0.15, 0.2) is 0 Å². The van der Waals surface area contributed by atoms with Gasteiger partial charge in [-0.05, 0) is 67.6 Å². The van der Waals surface area contributed by atoms with E-state index in [-0.39, 0.29) is 23.5 Å². The van der Waals surface area contributed by atoms with Crippen molar-refractivity contribution >= 4 is 12.0 Å². The summed E-state index contributed by atoms with van der Waals surface area (Å²) in [5, 5.41) is 6.06. The summed E-state index contributed by atoms with van der Waals surface area (Å²) in [6.07, 6.45) is 7.03. The lowest BCUT2D eigenvalue weighted by atomic mass is 9.54. The van der Waals surface area contributed by atoms with Crippen LogP contribution in [-0.4, -0.2) is 31.2 Å². The van der Waals surface area contributed by atoms with E-state index in [4.69, 9.17) is 4.74 Å². The van der Waals surface area contributed by atoms with E-state index in [0.29, 0.717) is 18.3 Å². The smallest absolute Gasteiger partial charge is 0.328 e. The molecule has 4 bridgehead atoms. The van der Waals surface area contributed by atoms with Crippen molar-refractivity contribution < 1.29 is 14.3 Å². The number of carbonyl (C=O) groups excluding carboxylic acids is 2. The van der Waals surface area contributed by atoms with Crippen molar-refractivity contribution in [2.24, 2.45) is 29.1 Å². The Bertz CT molecular complexity index is 469. The lowest BCUT2D eigenvalue weighted by molar-refractivity contribution is -0.143. The molecule has 1 atom stereocenters. The predicted octanol–water partition coefficient (Wildman–Crippen LogP) is 3.09. The SMILES string of the molecule is COC(=O)C(CC(C)(C)C)NC(=O)NC1C2CC3CC(C2)CC1C3. The fourth-order valence-electron chi connectivity index (χ4n) is 5.46. The van der Waals surface area contributed by atoms with Crippen molar-refractivity contribution in [3.8, 4) is 0 Å². The quantitative estimate of drug-likeness (QED) is 0.775. The number of carbonyl (C=O) groups is 2. The highest BCUT2D eigenvalue weighted by Crippen LogP contribution is 2.53. The van der Waals surface area contributed by atoms with Gasteiger partial charge < -0.3 is 15.4 Å². The van der Waals surface area contributed by atoms with Gasteiger partial charge in [0.25, 0.3) is 0 Å². The van der Waals surface area contributed by atoms with E-state index >= 15 is 0 Å². The number of nitrogens with one attached hydrogen (secondary N) is 2. The Hall–Kier alpha value is -1.26. The van der Waals surface area contributed by atoms with Gasteiger partial charge in [-0.1, -0.05) is 20.8 Å². The van der Waals surface area contributed by atoms with Gasteiger partial charge in [0.1, 0.15) is 6.04 Å². The first-order valence-corrected chi connectivity index (χ1v) is 9.40. The molecule has 4 aliphatic rings. The summed E-state index contributed by atoms with van der Waals surface area (Å²) in [4.78, 5) is 24.5. The lowest BCUT2D eigenvalue weighted by Crippen LogP contribution is -2.59. The molecule has 2 N–H and O–H groups in total. The fourth-order valence-corrected chi connectivity index (χ4v) is 5.46. The van der Waals surface area contributed by atoms with E-state index in [1.807, 2.05) is 0 Å². The molecule has 0 aromatic rings. The topological polar surface area (TPSA) is 67.4 Å². The second-order valence-corrected chi connectivity index (χ2v) is 9.41. The maximum absolute atomic E-state index is 12.5. The van der Waals surface area contributed by atoms with Gasteiger partial charge in [-0.25, -0.2) is 9.59 Å². The van der Waals surface area contributed by atoms with Crippen molar-refractivity contribution in [1.82, 2.24) is 10.6 Å². The van der Waals surface area contributed by atoms with Crippen molar-refractivity contribution in [1.29, 1.82) is 0 Å². The molecule has 0 spiro atoms. The summed E-state index contributed by atoms with van der Waals surface area (Å²) in [6, 6.07) is -0.523. The summed E-state index contributed by atoms with van der Waals surface area (Å²) in [6.45, 7) is 6.17. The molecule has 4 rings (SSSR count). The zero-order valence-corrected chi connectivity index (χ0v) is 15.4. The van der Waals surface area contributed by atoms with E-state index in [1.54, 1.807) is 0 Å². The molecule has 0 saturated heterocycles. The molecule has 5 heteroatoms. The van der Waals surface area contributed by atoms with Crippen LogP contribution in [0.1, 0.15) is 59.3 Å². The third-order valence-electron chi connectivity index (χ3n) is 6.13. The summed E-state index contributed by atoms with van der Waals surface area (Å²) < 4.78 is 4.86. The van der Waals surface area contributed by atoms with E-state index in [2.05, 4.69) is 31.4 Å². The minimum absolute atomic E-state index is 0.0608. The zero-order chi connectivity index (χ0) is 17.5. The van der Waals surface area contributed by atoms with E-state index in [9.17, 15) is 9.59 Å². The van der Waals surface area contributed by atoms with Crippen LogP contribution in [0.3, 0.4) is 0 Å². The first kappa shape index (κ1) is 17.6. The molecule has 0 aliphatic heterocycles. The van der Waals surface area contributed by atoms with Crippen LogP contribution in [0, 0.1) is 29.1 Å². The highest BCUT2D eigenvalue weighted by atomic mass is 16.5. The average molecular weight is 336 g/mol. The molecule has 2 amide bonds. The maximum Gasteiger partial charge on any atom is 0.328 e. The highest BCUT2D eigenvalue weighted by Gasteiger charge is 2.48. The first-order chi connectivity index (χ1) is 11.2. The van der Waals surface area contributed by atoms with E-state index < -0.39 is 6.04 Å². The molecule has 1 unspecified atom stereocenters. The molecule has 0 aromatic carbocycles. The number of urea groups is 1. The van der Waals surface area contributed by atoms with Crippen LogP contribution < -0.4 is 10.6 Å². The van der Waals surface area contributed by atoms with Crippen LogP contribution in [0.2, 0.25) is 0 Å². The van der Waals surface area contributed by atoms with Gasteiger partial charge in [-0.3, -0.25) is 0 Å². The van der Waals surface area contributed by atoms with E-state index in [1.165, 1.54) is 39.2 Å². The Labute approximate surface area is 145 Å². The van der Waals surface area contributed by atoms with Crippen molar-refractivity contribution in [2.45, 2.75) is 71.4 Å². The second kappa shape index (κ2) is 6.57. The van der Waals surface area contributed by atoms with Gasteiger partial charge >= 0.3 is 12.0 Å². The molecule has 136 valence electrons. The number of hydrogen-bond donors (Lipinski definition) is 2. The first-order valence-electron chi connectivity index (χ1n) is 9.40. The Morgan fingerprint density at radius 3 is 2.04 bits per heavy atom. The van der Waals surface area contributed by atoms with E-state index in [0.717, 1.165) is 11.8 Å². The monoisotopic (exact) mass is 336 g/mol. The number of amides is 2. The van der Waals surface area contributed by atoms with Gasteiger partial charge in [0.05, 0.1) is 7.11 Å². The maximum atomic E-state index is 12.5. The molecule has 24 heavy (non-hydrogen) atoms. The third-order valence-corrected chi connectivity index (χ3v) is 6.13. The van der Waals surface area contributed by atoms with Crippen LogP contribution in [0.4, 0.5) is 4.79 Å². The van der Waals surface area contributed by atoms with Gasteiger partial charge in [0.2, 0.25) is 0 Å². The summed E-state index contributed by atoms with van der Waals surface area (Å²) >= 11 is 0. The van der Waals surface area contributed by atoms with Crippen LogP contribution in [-0.2, 0) is 9.53 Å². The summed E-state index contributed by atoms with van der Waals surface area (Å²) in [7, 11) is 1.37. The van der Waals surface area contributed by atoms with Crippen molar-refractivity contribution in [3.63, 3.8) is 0 Å². The zero-order valence-electron chi connectivity index (χ0n) is 15.4. The standard InChI is InChI=1S/C19H32N2O3/c1-19(2,3)10-15(17(22)24-4)20-18(23)21-16-13-6-11-5-12(8-13)9-14(16)7-11/h11-16H,5-10H2,1-4H3,(H2,20,21,23). The molecule has 4 fully saturated rings. The third kappa shape index (κ3) is 3.86. The van der Waals surface area contributed by atoms with Crippen LogP contribution in [0.25, 0.3) is 0 Å². The summed E-state index contributed by atoms with van der Waals surface area (Å²) in [5.74, 6) is 2.66. The van der Waals surface area contributed by atoms with Gasteiger partial charge in [0, 0.05) is 6.04 Å². The molecule has 4 saturated carbocycles. The van der Waals surface area contributed by atoms with Crippen molar-refractivity contribution in [2.75, 3.05) is 7.11 Å². The number of hydrogen-bond acceptors (Lipinski definition) is 3. The Morgan fingerprint density at radius 2 is 1.58 bits per heavy atom. The second-order valence-electron chi connectivity index (χ2n) is 9.41. The Balaban J connectivity index is 1.58. The van der Waals surface area contributed by atoms with Crippen LogP contribution >= 0.6 is 0 Å². The summed E-state index contributed by atoms with van der Waals surface area (Å²) in [5.41, 5.74) is -0.0608. The average Bonchev–Trinajstić information content (AvgIpc) is 2.47. The lowest BCUT2D eigenvalue weighted by Gasteiger charge is -2.54. The molecular weight excluding hydrogens is 304 g/mol. The Kier molecular flexibility index (Phi) is 4.80. The number of methoxy groups -OCH3 is 1. The minimum atomic E-state index is -0.591. The van der Waals surface area contributed by atoms with Gasteiger partial charge in [-0.2, -0.15) is 0 Å². The highest BCUT2D eigenvalue weighted by molar-refractivity contribution is 5.83. The number of ether oxygens (including phenoxy) is 1. The van der Waals surface area contributed by atoms with Crippen LogP contribution in [0.5, 0.6) is 0 Å². The molecule has 5 nitrogen and oxygen atoms in total. The fraction of sp³-hybridized carbons (Fsp3) is 0.895. The molecule has 0 heterocycles. The Morgan fingerprint density at radius 1 is 1.04 bits per heavy atom. The van der Waals surface area contributed by atoms with Crippen LogP contribution in [0.15, 0.2) is 0 Å². The molecule has 4 aliphatic carbocycles. The molecule has 0 aromatic heterocycles. The minimum Gasteiger partial charge on any atom is -0.467 e. The van der Waals surface area contributed by atoms with Crippen molar-refractivity contribution in [3.05, 3.63) is 0 Å². The molecular formula is C19H32N2O3. The largest absolute Gasteiger partial charge is 0.467 e. The predicted molar refractivity (Wildman–Crippen MR) is 92.4 cm³/mol. The molecule has 0 radical (unpaired) electrons. The number of rotatable bonds is 4. The number of esters is 1. The van der Waals surface area contributed by atoms with Gasteiger partial charge in [-0.15, -0.1) is 0 Å².